The van der Waals surface area contributed by atoms with Crippen molar-refractivity contribution >= 4 is 27.8 Å². The van der Waals surface area contributed by atoms with Crippen LogP contribution < -0.4 is 5.73 Å². The molecule has 4 nitrogen and oxygen atoms in total. The van der Waals surface area contributed by atoms with Crippen LogP contribution in [0.3, 0.4) is 0 Å². The van der Waals surface area contributed by atoms with Gasteiger partial charge < -0.3 is 5.73 Å². The topological polar surface area (TPSA) is 58.7 Å². The van der Waals surface area contributed by atoms with Gasteiger partial charge in [-0.2, -0.15) is 0 Å². The maximum absolute atomic E-state index is 11.6. The molecule has 0 aliphatic carbocycles. The number of hydrogen-bond acceptors (Lipinski definition) is 3. The van der Waals surface area contributed by atoms with Gasteiger partial charge in [-0.3, -0.25) is 9.69 Å². The van der Waals surface area contributed by atoms with Crippen molar-refractivity contribution in [2.75, 3.05) is 7.05 Å². The van der Waals surface area contributed by atoms with E-state index in [4.69, 9.17) is 5.73 Å². The first-order chi connectivity index (χ1) is 7.58. The SMILES string of the molecule is CN1C(=O)C[C@H](c2cccc(Br)c2)N=C1N. The lowest BCUT2D eigenvalue weighted by atomic mass is 10.0. The second-order valence-corrected chi connectivity index (χ2v) is 4.63. The highest BCUT2D eigenvalue weighted by atomic mass is 79.9. The first-order valence-corrected chi connectivity index (χ1v) is 5.72. The molecule has 0 radical (unpaired) electrons. The Morgan fingerprint density at radius 3 is 2.94 bits per heavy atom. The predicted molar refractivity (Wildman–Crippen MR) is 65.9 cm³/mol. The quantitative estimate of drug-likeness (QED) is 0.851. The lowest BCUT2D eigenvalue weighted by Crippen LogP contribution is -2.42. The van der Waals surface area contributed by atoms with Gasteiger partial charge in [0.2, 0.25) is 5.91 Å². The molecule has 1 aliphatic rings. The van der Waals surface area contributed by atoms with E-state index >= 15 is 0 Å². The summed E-state index contributed by atoms with van der Waals surface area (Å²) in [5, 5.41) is 0. The van der Waals surface area contributed by atoms with Crippen LogP contribution >= 0.6 is 15.9 Å². The lowest BCUT2D eigenvalue weighted by Gasteiger charge is -2.25. The number of aliphatic imine (C=N–C) groups is 1. The third-order valence-electron chi connectivity index (χ3n) is 2.61. The van der Waals surface area contributed by atoms with Crippen molar-refractivity contribution in [3.8, 4) is 0 Å². The normalized spacial score (nSPS) is 20.9. The Labute approximate surface area is 102 Å². The average Bonchev–Trinajstić information content (AvgIpc) is 2.25. The van der Waals surface area contributed by atoms with E-state index in [0.717, 1.165) is 10.0 Å². The summed E-state index contributed by atoms with van der Waals surface area (Å²) in [5.74, 6) is 0.277. The molecule has 16 heavy (non-hydrogen) atoms. The van der Waals surface area contributed by atoms with Crippen molar-refractivity contribution in [3.05, 3.63) is 34.3 Å². The summed E-state index contributed by atoms with van der Waals surface area (Å²) in [6.45, 7) is 0. The number of nitrogens with two attached hydrogens (primary N) is 1. The van der Waals surface area contributed by atoms with Crippen LogP contribution in [0.1, 0.15) is 18.0 Å². The Balaban J connectivity index is 2.33. The van der Waals surface area contributed by atoms with E-state index in [1.54, 1.807) is 7.05 Å². The fraction of sp³-hybridized carbons (Fsp3) is 0.273. The Kier molecular flexibility index (Phi) is 2.96. The third-order valence-corrected chi connectivity index (χ3v) is 3.10. The number of halogens is 1. The highest BCUT2D eigenvalue weighted by Gasteiger charge is 2.25. The van der Waals surface area contributed by atoms with Crippen LogP contribution in [0.5, 0.6) is 0 Å². The zero-order valence-corrected chi connectivity index (χ0v) is 10.4. The van der Waals surface area contributed by atoms with E-state index in [2.05, 4.69) is 20.9 Å². The molecule has 0 bridgehead atoms. The maximum atomic E-state index is 11.6. The molecule has 1 aliphatic heterocycles. The number of nitrogens with zero attached hydrogens (tertiary/aromatic N) is 2. The molecule has 1 aromatic rings. The number of guanidine groups is 1. The molecule has 0 fully saturated rings. The highest BCUT2D eigenvalue weighted by Crippen LogP contribution is 2.27. The van der Waals surface area contributed by atoms with Crippen LogP contribution in [0.25, 0.3) is 0 Å². The molecule has 0 unspecified atom stereocenters. The second-order valence-electron chi connectivity index (χ2n) is 3.71. The summed E-state index contributed by atoms with van der Waals surface area (Å²) in [6.07, 6.45) is 0.369. The molecule has 0 saturated carbocycles. The van der Waals surface area contributed by atoms with Crippen LogP contribution in [-0.2, 0) is 4.79 Å². The molecular weight excluding hydrogens is 270 g/mol. The highest BCUT2D eigenvalue weighted by molar-refractivity contribution is 9.10. The minimum Gasteiger partial charge on any atom is -0.369 e. The summed E-state index contributed by atoms with van der Waals surface area (Å²) in [5.41, 5.74) is 6.68. The van der Waals surface area contributed by atoms with Gasteiger partial charge in [-0.25, -0.2) is 4.99 Å². The minimum atomic E-state index is -0.166. The second kappa shape index (κ2) is 4.25. The summed E-state index contributed by atoms with van der Waals surface area (Å²) in [4.78, 5) is 17.3. The maximum Gasteiger partial charge on any atom is 0.231 e. The Morgan fingerprint density at radius 1 is 1.56 bits per heavy atom. The number of rotatable bonds is 1. The number of benzene rings is 1. The number of hydrogen-bond donors (Lipinski definition) is 1. The van der Waals surface area contributed by atoms with Gasteiger partial charge in [0.1, 0.15) is 0 Å². The van der Waals surface area contributed by atoms with Gasteiger partial charge in [0.15, 0.2) is 5.96 Å². The molecule has 1 atom stereocenters. The standard InChI is InChI=1S/C11H12BrN3O/c1-15-10(16)6-9(14-11(15)13)7-3-2-4-8(12)5-7/h2-5,9H,6H2,1H3,(H2,13,14)/t9-/m1/s1. The van der Waals surface area contributed by atoms with Crippen molar-refractivity contribution < 1.29 is 4.79 Å². The van der Waals surface area contributed by atoms with E-state index in [-0.39, 0.29) is 17.9 Å². The third kappa shape index (κ3) is 2.09. The van der Waals surface area contributed by atoms with Gasteiger partial charge in [-0.05, 0) is 17.7 Å². The van der Waals surface area contributed by atoms with Gasteiger partial charge in [0, 0.05) is 11.5 Å². The summed E-state index contributed by atoms with van der Waals surface area (Å²) in [6, 6.07) is 7.60. The average molecular weight is 282 g/mol. The van der Waals surface area contributed by atoms with E-state index in [1.165, 1.54) is 4.90 Å². The van der Waals surface area contributed by atoms with E-state index in [1.807, 2.05) is 24.3 Å². The van der Waals surface area contributed by atoms with Crippen molar-refractivity contribution in [2.24, 2.45) is 10.7 Å². The van der Waals surface area contributed by atoms with Crippen molar-refractivity contribution in [1.29, 1.82) is 0 Å². The van der Waals surface area contributed by atoms with Crippen LogP contribution in [0.2, 0.25) is 0 Å². The van der Waals surface area contributed by atoms with Gasteiger partial charge in [0.25, 0.3) is 0 Å². The van der Waals surface area contributed by atoms with Gasteiger partial charge in [-0.15, -0.1) is 0 Å². The molecular formula is C11H12BrN3O. The zero-order chi connectivity index (χ0) is 11.7. The van der Waals surface area contributed by atoms with Crippen LogP contribution in [-0.4, -0.2) is 23.8 Å². The molecule has 1 amide bonds. The smallest absolute Gasteiger partial charge is 0.231 e. The molecule has 0 spiro atoms. The van der Waals surface area contributed by atoms with E-state index in [9.17, 15) is 4.79 Å². The zero-order valence-electron chi connectivity index (χ0n) is 8.85. The molecule has 84 valence electrons. The summed E-state index contributed by atoms with van der Waals surface area (Å²) < 4.78 is 0.977. The molecule has 0 aromatic heterocycles. The van der Waals surface area contributed by atoms with E-state index < -0.39 is 0 Å². The fourth-order valence-electron chi connectivity index (χ4n) is 1.63. The first kappa shape index (κ1) is 11.1. The molecule has 2 rings (SSSR count). The molecule has 1 aromatic carbocycles. The Morgan fingerprint density at radius 2 is 2.31 bits per heavy atom. The molecule has 1 heterocycles. The minimum absolute atomic E-state index is 0.00234. The van der Waals surface area contributed by atoms with Crippen molar-refractivity contribution in [2.45, 2.75) is 12.5 Å². The summed E-state index contributed by atoms with van der Waals surface area (Å²) >= 11 is 3.40. The van der Waals surface area contributed by atoms with Crippen molar-refractivity contribution in [1.82, 2.24) is 4.90 Å². The predicted octanol–water partition coefficient (Wildman–Crippen LogP) is 1.67. The fourth-order valence-corrected chi connectivity index (χ4v) is 2.05. The largest absolute Gasteiger partial charge is 0.369 e. The summed E-state index contributed by atoms with van der Waals surface area (Å²) in [7, 11) is 1.64. The van der Waals surface area contributed by atoms with Crippen LogP contribution in [0.4, 0.5) is 0 Å². The van der Waals surface area contributed by atoms with Gasteiger partial charge in [0.05, 0.1) is 12.5 Å². The van der Waals surface area contributed by atoms with Crippen LogP contribution in [0.15, 0.2) is 33.7 Å². The lowest BCUT2D eigenvalue weighted by molar-refractivity contribution is -0.127. The molecule has 2 N–H and O–H groups in total. The van der Waals surface area contributed by atoms with Gasteiger partial charge in [-0.1, -0.05) is 28.1 Å². The number of carbonyl (C=O) groups excluding carboxylic acids is 1. The number of carbonyl (C=O) groups is 1. The van der Waals surface area contributed by atoms with Crippen molar-refractivity contribution in [3.63, 3.8) is 0 Å². The van der Waals surface area contributed by atoms with Gasteiger partial charge >= 0.3 is 0 Å². The van der Waals surface area contributed by atoms with Crippen LogP contribution in [0, 0.1) is 0 Å². The Hall–Kier alpha value is -1.36. The first-order valence-electron chi connectivity index (χ1n) is 4.93. The number of amides is 1. The van der Waals surface area contributed by atoms with E-state index in [0.29, 0.717) is 6.42 Å². The Bertz CT molecular complexity index is 458. The molecule has 0 saturated heterocycles. The molecule has 5 heteroatoms. The monoisotopic (exact) mass is 281 g/mol.